The van der Waals surface area contributed by atoms with Crippen LogP contribution in [0.25, 0.3) is 22.6 Å². The quantitative estimate of drug-likeness (QED) is 0.304. The van der Waals surface area contributed by atoms with E-state index >= 15 is 0 Å². The minimum absolute atomic E-state index is 0.263. The number of nitrogens with zero attached hydrogens (tertiary/aromatic N) is 3. The van der Waals surface area contributed by atoms with E-state index in [-0.39, 0.29) is 6.61 Å². The molecular formula is C24H21ClN6O. The second kappa shape index (κ2) is 9.11. The van der Waals surface area contributed by atoms with E-state index in [0.717, 1.165) is 23.2 Å². The van der Waals surface area contributed by atoms with Crippen LogP contribution in [0, 0.1) is 0 Å². The Labute approximate surface area is 189 Å². The lowest BCUT2D eigenvalue weighted by molar-refractivity contribution is 0.297. The molecule has 8 heteroatoms. The van der Waals surface area contributed by atoms with Gasteiger partial charge in [-0.05, 0) is 30.3 Å². The van der Waals surface area contributed by atoms with Crippen LogP contribution in [0.15, 0.2) is 72.9 Å². The molecule has 0 radical (unpaired) electrons. The van der Waals surface area contributed by atoms with Gasteiger partial charge in [-0.3, -0.25) is 0 Å². The van der Waals surface area contributed by atoms with Crippen molar-refractivity contribution in [3.8, 4) is 17.1 Å². The Bertz CT molecular complexity index is 1320. The second-order valence-electron chi connectivity index (χ2n) is 7.26. The number of imidazole rings is 1. The molecule has 0 fully saturated rings. The van der Waals surface area contributed by atoms with Crippen LogP contribution in [0.2, 0.25) is 5.02 Å². The van der Waals surface area contributed by atoms with E-state index in [9.17, 15) is 0 Å². The third kappa shape index (κ3) is 4.58. The molecule has 3 heterocycles. The Morgan fingerprint density at radius 3 is 2.66 bits per heavy atom. The van der Waals surface area contributed by atoms with Crippen LogP contribution in [0.3, 0.4) is 0 Å². The molecule has 0 unspecified atom stereocenters. The fraction of sp³-hybridized carbons (Fsp3) is 0.125. The number of fused-ring (bicyclic) bond motifs is 1. The van der Waals surface area contributed by atoms with Crippen molar-refractivity contribution in [2.75, 3.05) is 11.9 Å². The van der Waals surface area contributed by atoms with E-state index in [1.807, 2.05) is 54.7 Å². The number of aromatic nitrogens is 5. The maximum Gasteiger partial charge on any atom is 0.183 e. The van der Waals surface area contributed by atoms with Crippen molar-refractivity contribution in [2.45, 2.75) is 13.0 Å². The molecule has 7 nitrogen and oxygen atoms in total. The first-order valence-electron chi connectivity index (χ1n) is 10.3. The zero-order valence-electron chi connectivity index (χ0n) is 17.2. The van der Waals surface area contributed by atoms with Crippen LogP contribution in [0.5, 0.6) is 5.75 Å². The maximum atomic E-state index is 6.04. The molecule has 3 N–H and O–H groups in total. The zero-order chi connectivity index (χ0) is 21.8. The third-order valence-electron chi connectivity index (χ3n) is 4.95. The molecule has 5 rings (SSSR count). The molecule has 32 heavy (non-hydrogen) atoms. The van der Waals surface area contributed by atoms with Gasteiger partial charge in [0.05, 0.1) is 0 Å². The largest absolute Gasteiger partial charge is 0.486 e. The van der Waals surface area contributed by atoms with Crippen LogP contribution in [-0.2, 0) is 13.0 Å². The van der Waals surface area contributed by atoms with E-state index in [0.29, 0.717) is 40.4 Å². The standard InChI is InChI=1S/C24H21ClN6O/c25-17-8-4-10-19(14-17)32-15-20-28-21-23(27-13-11-18-9-5-12-26-18)30-22(31-24(21)29-20)16-6-2-1-3-7-16/h1-10,12,14,26H,11,13,15H2,(H2,27,28,29,30,31). The number of benzene rings is 2. The molecule has 2 aromatic carbocycles. The van der Waals surface area contributed by atoms with Gasteiger partial charge < -0.3 is 20.0 Å². The summed E-state index contributed by atoms with van der Waals surface area (Å²) in [7, 11) is 0. The van der Waals surface area contributed by atoms with Gasteiger partial charge >= 0.3 is 0 Å². The monoisotopic (exact) mass is 444 g/mol. The molecule has 0 saturated heterocycles. The molecule has 0 amide bonds. The predicted molar refractivity (Wildman–Crippen MR) is 126 cm³/mol. The molecule has 0 saturated carbocycles. The second-order valence-corrected chi connectivity index (χ2v) is 7.70. The number of ether oxygens (including phenoxy) is 1. The number of hydrogen-bond acceptors (Lipinski definition) is 5. The highest BCUT2D eigenvalue weighted by atomic mass is 35.5. The summed E-state index contributed by atoms with van der Waals surface area (Å²) in [5.41, 5.74) is 3.43. The zero-order valence-corrected chi connectivity index (χ0v) is 17.9. The number of rotatable bonds is 8. The fourth-order valence-corrected chi connectivity index (χ4v) is 3.58. The molecular weight excluding hydrogens is 424 g/mol. The lowest BCUT2D eigenvalue weighted by Crippen LogP contribution is -2.08. The van der Waals surface area contributed by atoms with Crippen LogP contribution in [0.4, 0.5) is 5.82 Å². The topological polar surface area (TPSA) is 91.5 Å². The van der Waals surface area contributed by atoms with E-state index in [4.69, 9.17) is 21.3 Å². The highest BCUT2D eigenvalue weighted by molar-refractivity contribution is 6.30. The van der Waals surface area contributed by atoms with Gasteiger partial charge in [0.15, 0.2) is 17.3 Å². The lowest BCUT2D eigenvalue weighted by atomic mass is 10.2. The summed E-state index contributed by atoms with van der Waals surface area (Å²) in [5, 5.41) is 4.05. The van der Waals surface area contributed by atoms with E-state index in [1.165, 1.54) is 0 Å². The molecule has 0 atom stereocenters. The van der Waals surface area contributed by atoms with Crippen LogP contribution >= 0.6 is 11.6 Å². The number of hydrogen-bond donors (Lipinski definition) is 3. The van der Waals surface area contributed by atoms with Gasteiger partial charge in [-0.15, -0.1) is 0 Å². The molecule has 0 bridgehead atoms. The Morgan fingerprint density at radius 1 is 0.938 bits per heavy atom. The summed E-state index contributed by atoms with van der Waals surface area (Å²) in [6.07, 6.45) is 2.77. The predicted octanol–water partition coefficient (Wildman–Crippen LogP) is 5.24. The van der Waals surface area contributed by atoms with Gasteiger partial charge in [-0.2, -0.15) is 0 Å². The summed E-state index contributed by atoms with van der Waals surface area (Å²) in [6.45, 7) is 0.980. The normalized spacial score (nSPS) is 11.0. The molecule has 3 aromatic heterocycles. The highest BCUT2D eigenvalue weighted by Crippen LogP contribution is 2.24. The van der Waals surface area contributed by atoms with Gasteiger partial charge in [-0.1, -0.05) is 48.0 Å². The van der Waals surface area contributed by atoms with Crippen LogP contribution in [0.1, 0.15) is 11.5 Å². The van der Waals surface area contributed by atoms with Crippen molar-refractivity contribution >= 4 is 28.6 Å². The van der Waals surface area contributed by atoms with Crippen molar-refractivity contribution in [1.82, 2.24) is 24.9 Å². The Morgan fingerprint density at radius 2 is 1.84 bits per heavy atom. The van der Waals surface area contributed by atoms with Gasteiger partial charge in [0, 0.05) is 35.4 Å². The summed E-state index contributed by atoms with van der Waals surface area (Å²) in [6, 6.07) is 21.2. The van der Waals surface area contributed by atoms with Crippen molar-refractivity contribution in [2.24, 2.45) is 0 Å². The lowest BCUT2D eigenvalue weighted by Gasteiger charge is -2.08. The van der Waals surface area contributed by atoms with Crippen molar-refractivity contribution < 1.29 is 4.74 Å². The first kappa shape index (κ1) is 20.1. The van der Waals surface area contributed by atoms with Gasteiger partial charge in [0.1, 0.15) is 23.7 Å². The molecule has 160 valence electrons. The molecule has 0 aliphatic heterocycles. The SMILES string of the molecule is Clc1cccc(OCc2nc3nc(-c4ccccc4)nc(NCCc4ccc[nH]4)c3[nH]2)c1. The Hall–Kier alpha value is -3.84. The maximum absolute atomic E-state index is 6.04. The summed E-state index contributed by atoms with van der Waals surface area (Å²) in [4.78, 5) is 20.6. The van der Waals surface area contributed by atoms with Gasteiger partial charge in [0.25, 0.3) is 0 Å². The summed E-state index contributed by atoms with van der Waals surface area (Å²) in [5.74, 6) is 2.67. The minimum atomic E-state index is 0.263. The van der Waals surface area contributed by atoms with Crippen LogP contribution < -0.4 is 10.1 Å². The number of H-pyrrole nitrogens is 2. The van der Waals surface area contributed by atoms with Crippen LogP contribution in [-0.4, -0.2) is 31.5 Å². The average molecular weight is 445 g/mol. The Balaban J connectivity index is 1.43. The summed E-state index contributed by atoms with van der Waals surface area (Å²) < 4.78 is 5.84. The Kier molecular flexibility index (Phi) is 5.72. The first-order chi connectivity index (χ1) is 15.7. The minimum Gasteiger partial charge on any atom is -0.486 e. The molecule has 0 aliphatic carbocycles. The van der Waals surface area contributed by atoms with E-state index < -0.39 is 0 Å². The number of nitrogens with one attached hydrogen (secondary N) is 3. The molecule has 5 aromatic rings. The summed E-state index contributed by atoms with van der Waals surface area (Å²) >= 11 is 6.04. The van der Waals surface area contributed by atoms with Crippen molar-refractivity contribution in [3.63, 3.8) is 0 Å². The van der Waals surface area contributed by atoms with E-state index in [1.54, 1.807) is 12.1 Å². The average Bonchev–Trinajstić information content (AvgIpc) is 3.48. The fourth-order valence-electron chi connectivity index (χ4n) is 3.40. The van der Waals surface area contributed by atoms with Gasteiger partial charge in [-0.25, -0.2) is 15.0 Å². The van der Waals surface area contributed by atoms with E-state index in [2.05, 4.69) is 31.3 Å². The van der Waals surface area contributed by atoms with Crippen molar-refractivity contribution in [1.29, 1.82) is 0 Å². The molecule has 0 spiro atoms. The van der Waals surface area contributed by atoms with Crippen molar-refractivity contribution in [3.05, 3.63) is 89.5 Å². The first-order valence-corrected chi connectivity index (χ1v) is 10.7. The smallest absolute Gasteiger partial charge is 0.183 e. The van der Waals surface area contributed by atoms with Gasteiger partial charge in [0.2, 0.25) is 0 Å². The number of halogens is 1. The highest BCUT2D eigenvalue weighted by Gasteiger charge is 2.14. The number of anilines is 1. The molecule has 0 aliphatic rings. The number of aromatic amines is 2. The third-order valence-corrected chi connectivity index (χ3v) is 5.19.